The number of hydrogen-bond donors (Lipinski definition) is 1. The van der Waals surface area contributed by atoms with Crippen LogP contribution in [0.3, 0.4) is 0 Å². The molecule has 0 saturated heterocycles. The molecule has 0 aliphatic carbocycles. The number of aryl methyl sites for hydroxylation is 2. The first kappa shape index (κ1) is 25.4. The van der Waals surface area contributed by atoms with E-state index in [1.54, 1.807) is 18.0 Å². The lowest BCUT2D eigenvalue weighted by molar-refractivity contribution is 0.169. The van der Waals surface area contributed by atoms with Gasteiger partial charge in [-0.15, -0.1) is 5.10 Å². The number of pyridine rings is 2. The van der Waals surface area contributed by atoms with Crippen molar-refractivity contribution < 1.29 is 4.74 Å². The van der Waals surface area contributed by atoms with Crippen LogP contribution in [0.5, 0.6) is 0 Å². The van der Waals surface area contributed by atoms with E-state index in [1.807, 2.05) is 55.6 Å². The van der Waals surface area contributed by atoms with Crippen LogP contribution in [0, 0.1) is 13.8 Å². The van der Waals surface area contributed by atoms with Crippen molar-refractivity contribution in [3.8, 4) is 0 Å². The third-order valence-electron chi connectivity index (χ3n) is 6.78. The molecule has 0 fully saturated rings. The van der Waals surface area contributed by atoms with Crippen molar-refractivity contribution in [2.24, 2.45) is 0 Å². The average molecular weight is 510 g/mol. The molecule has 0 aliphatic heterocycles. The summed E-state index contributed by atoms with van der Waals surface area (Å²) in [6, 6.07) is 19.7. The number of aromatic amines is 1. The minimum atomic E-state index is -0.532. The number of aromatic nitrogens is 6. The smallest absolute Gasteiger partial charge is 0.253 e. The summed E-state index contributed by atoms with van der Waals surface area (Å²) < 4.78 is 7.04. The Labute approximate surface area is 221 Å². The van der Waals surface area contributed by atoms with Gasteiger partial charge in [0.15, 0.2) is 5.82 Å². The van der Waals surface area contributed by atoms with Gasteiger partial charge in [0.1, 0.15) is 6.04 Å². The zero-order valence-corrected chi connectivity index (χ0v) is 21.8. The summed E-state index contributed by atoms with van der Waals surface area (Å²) in [7, 11) is 1.64. The summed E-state index contributed by atoms with van der Waals surface area (Å²) in [6.07, 6.45) is 3.61. The topological polar surface area (TPSA) is 102 Å². The lowest BCUT2D eigenvalue weighted by Crippen LogP contribution is -2.35. The van der Waals surface area contributed by atoms with Crippen molar-refractivity contribution in [1.29, 1.82) is 0 Å². The number of tetrazole rings is 1. The molecule has 38 heavy (non-hydrogen) atoms. The quantitative estimate of drug-likeness (QED) is 0.304. The van der Waals surface area contributed by atoms with Crippen LogP contribution in [-0.2, 0) is 24.4 Å². The highest BCUT2D eigenvalue weighted by molar-refractivity contribution is 5.85. The van der Waals surface area contributed by atoms with E-state index in [9.17, 15) is 4.79 Å². The highest BCUT2D eigenvalue weighted by Gasteiger charge is 2.31. The molecule has 3 aromatic heterocycles. The Kier molecular flexibility index (Phi) is 7.67. The first-order chi connectivity index (χ1) is 18.5. The zero-order valence-electron chi connectivity index (χ0n) is 21.8. The molecule has 0 spiro atoms. The van der Waals surface area contributed by atoms with Crippen molar-refractivity contribution in [1.82, 2.24) is 35.1 Å². The van der Waals surface area contributed by atoms with Crippen LogP contribution in [-0.4, -0.2) is 48.8 Å². The molecular weight excluding hydrogens is 478 g/mol. The number of rotatable bonds is 10. The molecule has 0 aliphatic rings. The summed E-state index contributed by atoms with van der Waals surface area (Å²) in [5.74, 6) is 0.581. The predicted octanol–water partition coefficient (Wildman–Crippen LogP) is 3.96. The SMILES string of the molecule is COCCn1nnnc1[C@@H](c1cc2c(C)ccc(C)c2[nH]c1=O)N(Cc1ccccc1)Cc1cccnc1. The Morgan fingerprint density at radius 2 is 1.76 bits per heavy atom. The highest BCUT2D eigenvalue weighted by Crippen LogP contribution is 2.31. The molecule has 3 heterocycles. The van der Waals surface area contributed by atoms with Gasteiger partial charge in [-0.1, -0.05) is 48.5 Å². The lowest BCUT2D eigenvalue weighted by Gasteiger charge is -2.31. The second-order valence-corrected chi connectivity index (χ2v) is 9.45. The molecule has 1 atom stereocenters. The maximum Gasteiger partial charge on any atom is 0.253 e. The van der Waals surface area contributed by atoms with E-state index < -0.39 is 6.04 Å². The van der Waals surface area contributed by atoms with Crippen LogP contribution in [0.25, 0.3) is 10.9 Å². The summed E-state index contributed by atoms with van der Waals surface area (Å²) >= 11 is 0. The van der Waals surface area contributed by atoms with Gasteiger partial charge in [-0.2, -0.15) is 0 Å². The van der Waals surface area contributed by atoms with Gasteiger partial charge < -0.3 is 9.72 Å². The number of benzene rings is 2. The number of nitrogens with one attached hydrogen (secondary N) is 1. The fourth-order valence-corrected chi connectivity index (χ4v) is 4.82. The summed E-state index contributed by atoms with van der Waals surface area (Å²) in [5, 5.41) is 13.7. The molecule has 9 nitrogen and oxygen atoms in total. The minimum Gasteiger partial charge on any atom is -0.383 e. The molecule has 5 aromatic rings. The molecular formula is C29H31N7O2. The molecule has 2 aromatic carbocycles. The standard InChI is InChI=1S/C29H31N7O2/c1-20-11-12-21(2)26-24(20)16-25(29(37)31-26)27(28-32-33-34-36(28)14-15-38-3)35(18-22-8-5-4-6-9-22)19-23-10-7-13-30-17-23/h4-13,16-17,27H,14-15,18-19H2,1-3H3,(H,31,37)/t27-/m1/s1. The first-order valence-electron chi connectivity index (χ1n) is 12.6. The van der Waals surface area contributed by atoms with Crippen LogP contribution in [0.15, 0.2) is 77.9 Å². The Bertz CT molecular complexity index is 1520. The minimum absolute atomic E-state index is 0.165. The summed E-state index contributed by atoms with van der Waals surface area (Å²) in [4.78, 5) is 23.5. The van der Waals surface area contributed by atoms with E-state index in [2.05, 4.69) is 55.5 Å². The van der Waals surface area contributed by atoms with Gasteiger partial charge >= 0.3 is 0 Å². The van der Waals surface area contributed by atoms with Gasteiger partial charge in [-0.25, -0.2) is 4.68 Å². The molecule has 1 N–H and O–H groups in total. The van der Waals surface area contributed by atoms with Crippen LogP contribution >= 0.6 is 0 Å². The lowest BCUT2D eigenvalue weighted by atomic mass is 9.98. The molecule has 0 unspecified atom stereocenters. The van der Waals surface area contributed by atoms with Crippen LogP contribution in [0.1, 0.15) is 39.7 Å². The van der Waals surface area contributed by atoms with Crippen LogP contribution in [0.4, 0.5) is 0 Å². The Balaban J connectivity index is 1.71. The highest BCUT2D eigenvalue weighted by atomic mass is 16.5. The second kappa shape index (κ2) is 11.5. The third-order valence-corrected chi connectivity index (χ3v) is 6.78. The first-order valence-corrected chi connectivity index (χ1v) is 12.6. The van der Waals surface area contributed by atoms with E-state index >= 15 is 0 Å². The number of fused-ring (bicyclic) bond motifs is 1. The number of H-pyrrole nitrogens is 1. The number of methoxy groups -OCH3 is 1. The van der Waals surface area contributed by atoms with Crippen molar-refractivity contribution in [2.75, 3.05) is 13.7 Å². The van der Waals surface area contributed by atoms with Gasteiger partial charge in [0.05, 0.1) is 18.7 Å². The van der Waals surface area contributed by atoms with Crippen molar-refractivity contribution >= 4 is 10.9 Å². The predicted molar refractivity (Wildman–Crippen MR) is 146 cm³/mol. The largest absolute Gasteiger partial charge is 0.383 e. The van der Waals surface area contributed by atoms with Crippen molar-refractivity contribution in [3.63, 3.8) is 0 Å². The number of hydrogen-bond acceptors (Lipinski definition) is 7. The molecule has 194 valence electrons. The Morgan fingerprint density at radius 3 is 2.53 bits per heavy atom. The summed E-state index contributed by atoms with van der Waals surface area (Å²) in [5.41, 5.74) is 5.50. The van der Waals surface area contributed by atoms with E-state index in [1.165, 1.54) is 0 Å². The van der Waals surface area contributed by atoms with Crippen LogP contribution < -0.4 is 5.56 Å². The fraction of sp³-hybridized carbons (Fsp3) is 0.276. The van der Waals surface area contributed by atoms with Gasteiger partial charge in [0, 0.05) is 43.5 Å². The molecule has 0 amide bonds. The van der Waals surface area contributed by atoms with Crippen molar-refractivity contribution in [3.05, 3.63) is 117 Å². The zero-order chi connectivity index (χ0) is 26.5. The number of ether oxygens (including phenoxy) is 1. The summed E-state index contributed by atoms with van der Waals surface area (Å²) in [6.45, 7) is 6.07. The molecule has 9 heteroatoms. The van der Waals surface area contributed by atoms with Gasteiger partial charge in [-0.05, 0) is 58.7 Å². The molecule has 0 bridgehead atoms. The monoisotopic (exact) mass is 509 g/mol. The Morgan fingerprint density at radius 1 is 1.00 bits per heavy atom. The van der Waals surface area contributed by atoms with Gasteiger partial charge in [0.25, 0.3) is 5.56 Å². The fourth-order valence-electron chi connectivity index (χ4n) is 4.82. The van der Waals surface area contributed by atoms with E-state index in [4.69, 9.17) is 4.74 Å². The second-order valence-electron chi connectivity index (χ2n) is 9.45. The van der Waals surface area contributed by atoms with Crippen molar-refractivity contribution in [2.45, 2.75) is 39.5 Å². The van der Waals surface area contributed by atoms with Gasteiger partial charge in [0.2, 0.25) is 0 Å². The molecule has 5 rings (SSSR count). The maximum absolute atomic E-state index is 13.8. The molecule has 0 radical (unpaired) electrons. The van der Waals surface area contributed by atoms with Gasteiger partial charge in [-0.3, -0.25) is 14.7 Å². The van der Waals surface area contributed by atoms with E-state index in [-0.39, 0.29) is 5.56 Å². The molecule has 0 saturated carbocycles. The van der Waals surface area contributed by atoms with E-state index in [0.29, 0.717) is 37.6 Å². The number of nitrogens with zero attached hydrogens (tertiary/aromatic N) is 6. The third kappa shape index (κ3) is 5.39. The average Bonchev–Trinajstić information content (AvgIpc) is 3.39. The van der Waals surface area contributed by atoms with Crippen LogP contribution in [0.2, 0.25) is 0 Å². The maximum atomic E-state index is 13.8. The Hall–Kier alpha value is -4.21. The normalized spacial score (nSPS) is 12.3. The van der Waals surface area contributed by atoms with E-state index in [0.717, 1.165) is 33.2 Å².